The molecule has 0 unspecified atom stereocenters. The number of rotatable bonds is 6. The minimum Gasteiger partial charge on any atom is -0.482 e. The normalized spacial score (nSPS) is 11.7. The molecule has 0 aliphatic heterocycles. The summed E-state index contributed by atoms with van der Waals surface area (Å²) in [6.45, 7) is 11.3. The molecule has 174 valence electrons. The fraction of sp³-hybridized carbons (Fsp3) is 0.375. The van der Waals surface area contributed by atoms with Crippen molar-refractivity contribution in [3.8, 4) is 22.8 Å². The highest BCUT2D eigenvalue weighted by Crippen LogP contribution is 2.24. The largest absolute Gasteiger partial charge is 0.482 e. The van der Waals surface area contributed by atoms with Gasteiger partial charge in [-0.05, 0) is 71.9 Å². The Morgan fingerprint density at radius 2 is 1.73 bits per heavy atom. The van der Waals surface area contributed by atoms with Crippen LogP contribution in [0.1, 0.15) is 52.0 Å². The second-order valence-corrected chi connectivity index (χ2v) is 9.71. The molecule has 2 N–H and O–H groups in total. The Kier molecular flexibility index (Phi) is 6.81. The van der Waals surface area contributed by atoms with Crippen LogP contribution in [0.25, 0.3) is 17.1 Å². The second kappa shape index (κ2) is 9.40. The minimum absolute atomic E-state index is 0.108. The number of nitrogens with one attached hydrogen (secondary N) is 2. The van der Waals surface area contributed by atoms with Crippen LogP contribution in [-0.2, 0) is 4.79 Å². The fourth-order valence-corrected chi connectivity index (χ4v) is 2.98. The number of carbonyl (C=O) groups excluding carboxylic acids is 2. The first-order valence-corrected chi connectivity index (χ1v) is 10.6. The highest BCUT2D eigenvalue weighted by molar-refractivity contribution is 5.94. The Hall–Kier alpha value is -3.75. The lowest BCUT2D eigenvalue weighted by Crippen LogP contribution is -2.43. The van der Waals surface area contributed by atoms with Crippen LogP contribution in [0.4, 0.5) is 0 Å². The van der Waals surface area contributed by atoms with Gasteiger partial charge in [-0.15, -0.1) is 0 Å². The third-order valence-electron chi connectivity index (χ3n) is 4.20. The molecule has 0 saturated carbocycles. The maximum atomic E-state index is 12.7. The molecule has 9 heteroatoms. The Morgan fingerprint density at radius 1 is 1.00 bits per heavy atom. The van der Waals surface area contributed by atoms with Crippen LogP contribution in [0, 0.1) is 0 Å². The predicted molar refractivity (Wildman–Crippen MR) is 125 cm³/mol. The Balaban J connectivity index is 1.85. The van der Waals surface area contributed by atoms with Crippen molar-refractivity contribution >= 4 is 11.8 Å². The smallest absolute Gasteiger partial charge is 0.272 e. The lowest BCUT2D eigenvalue weighted by molar-refractivity contribution is -0.124. The van der Waals surface area contributed by atoms with E-state index in [-0.39, 0.29) is 29.7 Å². The zero-order valence-corrected chi connectivity index (χ0v) is 19.8. The van der Waals surface area contributed by atoms with Crippen molar-refractivity contribution in [2.75, 3.05) is 6.61 Å². The van der Waals surface area contributed by atoms with Gasteiger partial charge < -0.3 is 15.4 Å². The van der Waals surface area contributed by atoms with E-state index in [2.05, 4.69) is 25.7 Å². The molecule has 0 aromatic carbocycles. The summed E-state index contributed by atoms with van der Waals surface area (Å²) in [5.74, 6) is -0.0344. The van der Waals surface area contributed by atoms with E-state index in [1.165, 1.54) is 6.20 Å². The van der Waals surface area contributed by atoms with Crippen LogP contribution < -0.4 is 15.4 Å². The quantitative estimate of drug-likeness (QED) is 0.597. The highest BCUT2D eigenvalue weighted by Gasteiger charge is 2.21. The number of hydrogen-bond acceptors (Lipinski definition) is 6. The van der Waals surface area contributed by atoms with Crippen molar-refractivity contribution in [3.05, 3.63) is 54.6 Å². The summed E-state index contributed by atoms with van der Waals surface area (Å²) in [5.41, 5.74) is 1.45. The molecule has 0 radical (unpaired) electrons. The first-order chi connectivity index (χ1) is 15.4. The summed E-state index contributed by atoms with van der Waals surface area (Å²) >= 11 is 0. The van der Waals surface area contributed by atoms with Crippen molar-refractivity contribution in [3.63, 3.8) is 0 Å². The summed E-state index contributed by atoms with van der Waals surface area (Å²) in [6, 6.07) is 8.81. The van der Waals surface area contributed by atoms with Gasteiger partial charge in [0.15, 0.2) is 12.3 Å². The maximum Gasteiger partial charge on any atom is 0.272 e. The van der Waals surface area contributed by atoms with E-state index in [9.17, 15) is 9.59 Å². The van der Waals surface area contributed by atoms with E-state index in [0.29, 0.717) is 22.8 Å². The molecule has 0 saturated heterocycles. The molecule has 0 fully saturated rings. The van der Waals surface area contributed by atoms with Crippen LogP contribution in [0.2, 0.25) is 0 Å². The maximum absolute atomic E-state index is 12.7. The summed E-state index contributed by atoms with van der Waals surface area (Å²) in [7, 11) is 0. The van der Waals surface area contributed by atoms with E-state index >= 15 is 0 Å². The minimum atomic E-state index is -0.397. The topological polar surface area (TPSA) is 111 Å². The average Bonchev–Trinajstić information content (AvgIpc) is 3.17. The van der Waals surface area contributed by atoms with Gasteiger partial charge in [0.05, 0.1) is 29.5 Å². The molecule has 0 atom stereocenters. The van der Waals surface area contributed by atoms with E-state index in [1.54, 1.807) is 41.3 Å². The van der Waals surface area contributed by atoms with Gasteiger partial charge in [0.2, 0.25) is 0 Å². The van der Waals surface area contributed by atoms with Crippen molar-refractivity contribution in [1.82, 2.24) is 30.4 Å². The standard InChI is InChI=1S/C24H30N6O3/c1-23(2,3)27-21(31)15-33-17-9-10-18(26-14-17)20-12-19(22(32)28-24(4,5)6)29-30(20)16-8-7-11-25-13-16/h7-14H,15H2,1-6H3,(H,27,31)(H,28,32). The lowest BCUT2D eigenvalue weighted by atomic mass is 10.1. The van der Waals surface area contributed by atoms with Gasteiger partial charge in [-0.1, -0.05) is 0 Å². The Bertz CT molecular complexity index is 1110. The zero-order chi connectivity index (χ0) is 24.2. The molecule has 3 rings (SSSR count). The first-order valence-electron chi connectivity index (χ1n) is 10.6. The van der Waals surface area contributed by atoms with Gasteiger partial charge in [-0.3, -0.25) is 19.6 Å². The van der Waals surface area contributed by atoms with Gasteiger partial charge >= 0.3 is 0 Å². The summed E-state index contributed by atoms with van der Waals surface area (Å²) in [5, 5.41) is 10.3. The molecule has 33 heavy (non-hydrogen) atoms. The number of hydrogen-bond donors (Lipinski definition) is 2. The third-order valence-corrected chi connectivity index (χ3v) is 4.20. The number of pyridine rings is 2. The van der Waals surface area contributed by atoms with Crippen molar-refractivity contribution < 1.29 is 14.3 Å². The van der Waals surface area contributed by atoms with Crippen LogP contribution in [0.3, 0.4) is 0 Å². The van der Waals surface area contributed by atoms with Gasteiger partial charge in [-0.25, -0.2) is 4.68 Å². The molecule has 0 aliphatic rings. The number of amides is 2. The fourth-order valence-electron chi connectivity index (χ4n) is 2.98. The SMILES string of the molecule is CC(C)(C)NC(=O)COc1ccc(-c2cc(C(=O)NC(C)(C)C)nn2-c2cccnc2)nc1. The predicted octanol–water partition coefficient (Wildman–Crippen LogP) is 3.15. The number of ether oxygens (including phenoxy) is 1. The molecule has 0 aliphatic carbocycles. The van der Waals surface area contributed by atoms with E-state index in [4.69, 9.17) is 4.74 Å². The highest BCUT2D eigenvalue weighted by atomic mass is 16.5. The van der Waals surface area contributed by atoms with Crippen molar-refractivity contribution in [2.24, 2.45) is 0 Å². The molecule has 0 spiro atoms. The van der Waals surface area contributed by atoms with E-state index in [1.807, 2.05) is 47.6 Å². The third kappa shape index (κ3) is 6.86. The monoisotopic (exact) mass is 450 g/mol. The molecule has 0 bridgehead atoms. The first kappa shape index (κ1) is 23.9. The van der Waals surface area contributed by atoms with Crippen LogP contribution in [0.5, 0.6) is 5.75 Å². The average molecular weight is 451 g/mol. The number of carbonyl (C=O) groups is 2. The molecule has 3 aromatic heterocycles. The molecular weight excluding hydrogens is 420 g/mol. The van der Waals surface area contributed by atoms with Gasteiger partial charge in [0.1, 0.15) is 5.75 Å². The van der Waals surface area contributed by atoms with Crippen molar-refractivity contribution in [1.29, 1.82) is 0 Å². The van der Waals surface area contributed by atoms with Crippen molar-refractivity contribution in [2.45, 2.75) is 52.6 Å². The molecular formula is C24H30N6O3. The van der Waals surface area contributed by atoms with Crippen LogP contribution in [0.15, 0.2) is 48.9 Å². The van der Waals surface area contributed by atoms with E-state index < -0.39 is 5.54 Å². The Labute approximate surface area is 193 Å². The number of nitrogens with zero attached hydrogens (tertiary/aromatic N) is 4. The van der Waals surface area contributed by atoms with Crippen LogP contribution >= 0.6 is 0 Å². The van der Waals surface area contributed by atoms with Gasteiger partial charge in [0, 0.05) is 17.3 Å². The van der Waals surface area contributed by atoms with Crippen LogP contribution in [-0.4, -0.2) is 49.2 Å². The van der Waals surface area contributed by atoms with Gasteiger partial charge in [-0.2, -0.15) is 5.10 Å². The summed E-state index contributed by atoms with van der Waals surface area (Å²) in [4.78, 5) is 33.3. The summed E-state index contributed by atoms with van der Waals surface area (Å²) in [6.07, 6.45) is 4.86. The zero-order valence-electron chi connectivity index (χ0n) is 19.8. The van der Waals surface area contributed by atoms with Gasteiger partial charge in [0.25, 0.3) is 11.8 Å². The number of aromatic nitrogens is 4. The molecule has 3 heterocycles. The Morgan fingerprint density at radius 3 is 2.30 bits per heavy atom. The molecule has 2 amide bonds. The lowest BCUT2D eigenvalue weighted by Gasteiger charge is -2.20. The molecule has 9 nitrogen and oxygen atoms in total. The van der Waals surface area contributed by atoms with E-state index in [0.717, 1.165) is 0 Å². The summed E-state index contributed by atoms with van der Waals surface area (Å²) < 4.78 is 7.18. The second-order valence-electron chi connectivity index (χ2n) is 9.71. The molecule has 3 aromatic rings.